The number of ether oxygens (including phenoxy) is 1. The molecular weight excluding hydrogens is 242 g/mol. The van der Waals surface area contributed by atoms with Crippen molar-refractivity contribution in [3.8, 4) is 0 Å². The van der Waals surface area contributed by atoms with Gasteiger partial charge in [-0.15, -0.1) is 0 Å². The first-order valence-electron chi connectivity index (χ1n) is 6.90. The van der Waals surface area contributed by atoms with Crippen LogP contribution in [0.25, 0.3) is 0 Å². The first-order chi connectivity index (χ1) is 9.25. The molecule has 1 aliphatic carbocycles. The molecule has 0 spiro atoms. The zero-order valence-corrected chi connectivity index (χ0v) is 10.9. The van der Waals surface area contributed by atoms with E-state index >= 15 is 0 Å². The minimum absolute atomic E-state index is 0.0208. The fourth-order valence-electron chi connectivity index (χ4n) is 3.06. The Balaban J connectivity index is 1.82. The average molecular weight is 261 g/mol. The van der Waals surface area contributed by atoms with Crippen LogP contribution in [-0.4, -0.2) is 41.1 Å². The highest BCUT2D eigenvalue weighted by molar-refractivity contribution is 5.93. The minimum Gasteiger partial charge on any atom is -0.399 e. The number of pyridine rings is 1. The van der Waals surface area contributed by atoms with Gasteiger partial charge in [-0.3, -0.25) is 9.78 Å². The number of hydrogen-bond acceptors (Lipinski definition) is 4. The van der Waals surface area contributed by atoms with E-state index in [1.54, 1.807) is 18.3 Å². The molecule has 1 aliphatic heterocycles. The fraction of sp³-hybridized carbons (Fsp3) is 0.571. The molecule has 5 nitrogen and oxygen atoms in total. The van der Waals surface area contributed by atoms with Crippen molar-refractivity contribution in [2.75, 3.05) is 18.9 Å². The quantitative estimate of drug-likeness (QED) is 0.830. The Morgan fingerprint density at radius 1 is 1.42 bits per heavy atom. The topological polar surface area (TPSA) is 68.5 Å². The van der Waals surface area contributed by atoms with Crippen molar-refractivity contribution in [1.82, 2.24) is 9.88 Å². The molecule has 0 radical (unpaired) electrons. The molecule has 2 fully saturated rings. The standard InChI is InChI=1S/C14H19N3O2/c15-10-5-6-16-11(9-10)14(18)17-7-8-19-13-4-2-1-3-12(13)17/h5-6,9,12-13H,1-4,7-8H2,(H2,15,16)/t12-,13-/m0/s1. The predicted molar refractivity (Wildman–Crippen MR) is 71.7 cm³/mol. The highest BCUT2D eigenvalue weighted by Crippen LogP contribution is 2.29. The molecule has 2 atom stereocenters. The summed E-state index contributed by atoms with van der Waals surface area (Å²) in [5.41, 5.74) is 6.73. The lowest BCUT2D eigenvalue weighted by molar-refractivity contribution is -0.0754. The van der Waals surface area contributed by atoms with Crippen molar-refractivity contribution >= 4 is 11.6 Å². The molecule has 3 rings (SSSR count). The van der Waals surface area contributed by atoms with Gasteiger partial charge in [0, 0.05) is 18.4 Å². The van der Waals surface area contributed by atoms with Crippen LogP contribution in [0.2, 0.25) is 0 Å². The summed E-state index contributed by atoms with van der Waals surface area (Å²) in [4.78, 5) is 18.6. The predicted octanol–water partition coefficient (Wildman–Crippen LogP) is 1.45. The lowest BCUT2D eigenvalue weighted by atomic mass is 9.90. The molecule has 2 heterocycles. The molecule has 0 aromatic carbocycles. The van der Waals surface area contributed by atoms with Gasteiger partial charge in [-0.1, -0.05) is 12.8 Å². The number of carbonyl (C=O) groups is 1. The van der Waals surface area contributed by atoms with Crippen molar-refractivity contribution in [1.29, 1.82) is 0 Å². The van der Waals surface area contributed by atoms with Gasteiger partial charge in [0.25, 0.3) is 5.91 Å². The second-order valence-electron chi connectivity index (χ2n) is 5.23. The summed E-state index contributed by atoms with van der Waals surface area (Å²) < 4.78 is 5.78. The van der Waals surface area contributed by atoms with Gasteiger partial charge in [-0.25, -0.2) is 0 Å². The SMILES string of the molecule is Nc1ccnc(C(=O)N2CCO[C@H]3CCCC[C@@H]32)c1. The second-order valence-corrected chi connectivity index (χ2v) is 5.23. The molecular formula is C14H19N3O2. The van der Waals surface area contributed by atoms with Crippen LogP contribution >= 0.6 is 0 Å². The fourth-order valence-corrected chi connectivity index (χ4v) is 3.06. The number of anilines is 1. The first-order valence-corrected chi connectivity index (χ1v) is 6.90. The second kappa shape index (κ2) is 5.17. The number of nitrogens with two attached hydrogens (primary N) is 1. The van der Waals surface area contributed by atoms with E-state index in [2.05, 4.69) is 4.98 Å². The summed E-state index contributed by atoms with van der Waals surface area (Å²) in [5, 5.41) is 0. The van der Waals surface area contributed by atoms with Crippen LogP contribution in [0.1, 0.15) is 36.2 Å². The summed E-state index contributed by atoms with van der Waals surface area (Å²) in [6, 6.07) is 3.55. The van der Waals surface area contributed by atoms with Crippen LogP contribution in [0, 0.1) is 0 Å². The molecule has 0 bridgehead atoms. The number of nitrogens with zero attached hydrogens (tertiary/aromatic N) is 2. The highest BCUT2D eigenvalue weighted by Gasteiger charge is 2.37. The van der Waals surface area contributed by atoms with Crippen molar-refractivity contribution < 1.29 is 9.53 Å². The maximum absolute atomic E-state index is 12.6. The summed E-state index contributed by atoms with van der Waals surface area (Å²) in [5.74, 6) is -0.0208. The maximum atomic E-state index is 12.6. The van der Waals surface area contributed by atoms with Gasteiger partial charge in [-0.05, 0) is 25.0 Å². The van der Waals surface area contributed by atoms with Gasteiger partial charge >= 0.3 is 0 Å². The third-order valence-corrected chi connectivity index (χ3v) is 4.00. The van der Waals surface area contributed by atoms with E-state index in [0.717, 1.165) is 12.8 Å². The Kier molecular flexibility index (Phi) is 3.38. The summed E-state index contributed by atoms with van der Waals surface area (Å²) in [6.07, 6.45) is 6.23. The smallest absolute Gasteiger partial charge is 0.272 e. The van der Waals surface area contributed by atoms with E-state index < -0.39 is 0 Å². The number of fused-ring (bicyclic) bond motifs is 1. The zero-order valence-electron chi connectivity index (χ0n) is 10.9. The van der Waals surface area contributed by atoms with E-state index in [-0.39, 0.29) is 18.1 Å². The number of aromatic nitrogens is 1. The summed E-state index contributed by atoms with van der Waals surface area (Å²) >= 11 is 0. The van der Waals surface area contributed by atoms with Crippen LogP contribution in [0.15, 0.2) is 18.3 Å². The van der Waals surface area contributed by atoms with Gasteiger partial charge in [0.05, 0.1) is 18.8 Å². The van der Waals surface area contributed by atoms with Crippen LogP contribution in [0.5, 0.6) is 0 Å². The van der Waals surface area contributed by atoms with Gasteiger partial charge < -0.3 is 15.4 Å². The van der Waals surface area contributed by atoms with Crippen LogP contribution < -0.4 is 5.73 Å². The molecule has 1 aromatic rings. The molecule has 1 saturated carbocycles. The van der Waals surface area contributed by atoms with Crippen molar-refractivity contribution in [3.05, 3.63) is 24.0 Å². The third kappa shape index (κ3) is 2.42. The van der Waals surface area contributed by atoms with E-state index in [0.29, 0.717) is 24.5 Å². The summed E-state index contributed by atoms with van der Waals surface area (Å²) in [6.45, 7) is 1.27. The number of carbonyl (C=O) groups excluding carboxylic acids is 1. The average Bonchev–Trinajstić information content (AvgIpc) is 2.46. The third-order valence-electron chi connectivity index (χ3n) is 4.00. The Labute approximate surface area is 112 Å². The van der Waals surface area contributed by atoms with E-state index in [1.165, 1.54) is 12.8 Å². The molecule has 1 aromatic heterocycles. The number of morpholine rings is 1. The number of nitrogen functional groups attached to an aromatic ring is 1. The monoisotopic (exact) mass is 261 g/mol. The zero-order chi connectivity index (χ0) is 13.2. The van der Waals surface area contributed by atoms with Crippen molar-refractivity contribution in [3.63, 3.8) is 0 Å². The van der Waals surface area contributed by atoms with Gasteiger partial charge in [-0.2, -0.15) is 0 Å². The number of hydrogen-bond donors (Lipinski definition) is 1. The van der Waals surface area contributed by atoms with E-state index in [1.807, 2.05) is 4.90 Å². The Bertz CT molecular complexity index is 476. The molecule has 1 saturated heterocycles. The molecule has 2 N–H and O–H groups in total. The highest BCUT2D eigenvalue weighted by atomic mass is 16.5. The Morgan fingerprint density at radius 2 is 2.26 bits per heavy atom. The van der Waals surface area contributed by atoms with Crippen molar-refractivity contribution in [2.24, 2.45) is 0 Å². The lowest BCUT2D eigenvalue weighted by Crippen LogP contribution is -2.54. The summed E-state index contributed by atoms with van der Waals surface area (Å²) in [7, 11) is 0. The molecule has 1 amide bonds. The van der Waals surface area contributed by atoms with E-state index in [4.69, 9.17) is 10.5 Å². The van der Waals surface area contributed by atoms with Crippen LogP contribution in [-0.2, 0) is 4.74 Å². The Morgan fingerprint density at radius 3 is 3.11 bits per heavy atom. The molecule has 2 aliphatic rings. The lowest BCUT2D eigenvalue weighted by Gasteiger charge is -2.43. The van der Waals surface area contributed by atoms with Crippen LogP contribution in [0.3, 0.4) is 0 Å². The number of rotatable bonds is 1. The molecule has 0 unspecified atom stereocenters. The molecule has 5 heteroatoms. The van der Waals surface area contributed by atoms with Gasteiger partial charge in [0.2, 0.25) is 0 Å². The normalized spacial score (nSPS) is 26.8. The molecule has 19 heavy (non-hydrogen) atoms. The number of amides is 1. The maximum Gasteiger partial charge on any atom is 0.272 e. The van der Waals surface area contributed by atoms with E-state index in [9.17, 15) is 4.79 Å². The van der Waals surface area contributed by atoms with Crippen LogP contribution in [0.4, 0.5) is 5.69 Å². The van der Waals surface area contributed by atoms with Crippen molar-refractivity contribution in [2.45, 2.75) is 37.8 Å². The Hall–Kier alpha value is -1.62. The minimum atomic E-state index is -0.0208. The molecule has 102 valence electrons. The van der Waals surface area contributed by atoms with Gasteiger partial charge in [0.1, 0.15) is 5.69 Å². The largest absolute Gasteiger partial charge is 0.399 e. The first kappa shape index (κ1) is 12.4. The van der Waals surface area contributed by atoms with Gasteiger partial charge in [0.15, 0.2) is 0 Å².